The Morgan fingerprint density at radius 1 is 1.10 bits per heavy atom. The second kappa shape index (κ2) is 10.9. The molecule has 31 heavy (non-hydrogen) atoms. The molecule has 0 aromatic heterocycles. The van der Waals surface area contributed by atoms with E-state index in [1.54, 1.807) is 22.5 Å². The second-order valence-corrected chi connectivity index (χ2v) is 10.7. The van der Waals surface area contributed by atoms with Crippen LogP contribution in [-0.2, 0) is 10.0 Å². The summed E-state index contributed by atoms with van der Waals surface area (Å²) in [5.74, 6) is -0.197. The molecule has 174 valence electrons. The number of piperidine rings is 1. The van der Waals surface area contributed by atoms with Gasteiger partial charge in [-0.2, -0.15) is 4.31 Å². The van der Waals surface area contributed by atoms with Gasteiger partial charge in [0.05, 0.1) is 4.90 Å². The molecule has 2 fully saturated rings. The molecule has 0 bridgehead atoms. The first-order valence-corrected chi connectivity index (χ1v) is 13.1. The van der Waals surface area contributed by atoms with Gasteiger partial charge in [-0.1, -0.05) is 19.4 Å². The van der Waals surface area contributed by atoms with Crippen LogP contribution in [0.4, 0.5) is 0 Å². The third-order valence-electron chi connectivity index (χ3n) is 6.65. The molecule has 2 saturated heterocycles. The van der Waals surface area contributed by atoms with E-state index in [0.717, 1.165) is 70.5 Å². The Kier molecular flexibility index (Phi) is 8.50. The Labute approximate surface area is 187 Å². The summed E-state index contributed by atoms with van der Waals surface area (Å²) in [6.07, 6.45) is 3.71. The molecule has 1 aromatic rings. The number of carbonyl (C=O) groups is 1. The van der Waals surface area contributed by atoms with Gasteiger partial charge >= 0.3 is 0 Å². The number of hydrogen-bond acceptors (Lipinski definition) is 5. The van der Waals surface area contributed by atoms with Gasteiger partial charge in [-0.05, 0) is 63.9 Å². The number of benzene rings is 1. The van der Waals surface area contributed by atoms with Gasteiger partial charge in [-0.15, -0.1) is 0 Å². The molecule has 8 heteroatoms. The van der Waals surface area contributed by atoms with Crippen LogP contribution in [0.15, 0.2) is 23.1 Å². The van der Waals surface area contributed by atoms with Crippen LogP contribution < -0.4 is 5.32 Å². The molecule has 7 nitrogen and oxygen atoms in total. The average molecular weight is 451 g/mol. The van der Waals surface area contributed by atoms with Crippen molar-refractivity contribution < 1.29 is 13.2 Å². The van der Waals surface area contributed by atoms with Crippen LogP contribution in [0.1, 0.15) is 55.5 Å². The summed E-state index contributed by atoms with van der Waals surface area (Å²) >= 11 is 0. The van der Waals surface area contributed by atoms with E-state index in [2.05, 4.69) is 22.0 Å². The molecule has 0 aliphatic carbocycles. The number of aryl methyl sites for hydroxylation is 1. The van der Waals surface area contributed by atoms with E-state index in [1.807, 2.05) is 13.8 Å². The summed E-state index contributed by atoms with van der Waals surface area (Å²) in [5, 5.41) is 2.98. The minimum Gasteiger partial charge on any atom is -0.352 e. The number of piperazine rings is 1. The normalized spacial score (nSPS) is 21.8. The van der Waals surface area contributed by atoms with Crippen LogP contribution in [0.25, 0.3) is 0 Å². The standard InChI is InChI=1S/C23H38N4O3S/c1-4-25-14-16-26(17-15-25)12-7-11-24-23(28)22-18-21(10-9-19(22)2)31(29,30)27-13-6-5-8-20(27)3/h9-10,18,20H,4-8,11-17H2,1-3H3,(H,24,28). The highest BCUT2D eigenvalue weighted by molar-refractivity contribution is 7.89. The Balaban J connectivity index is 1.56. The van der Waals surface area contributed by atoms with Crippen molar-refractivity contribution >= 4 is 15.9 Å². The second-order valence-electron chi connectivity index (χ2n) is 8.82. The lowest BCUT2D eigenvalue weighted by molar-refractivity contribution is 0.0947. The van der Waals surface area contributed by atoms with E-state index in [-0.39, 0.29) is 16.8 Å². The maximum Gasteiger partial charge on any atom is 0.251 e. The SMILES string of the molecule is CCN1CCN(CCCNC(=O)c2cc(S(=O)(=O)N3CCCCC3C)ccc2C)CC1. The maximum absolute atomic E-state index is 13.1. The Bertz CT molecular complexity index is 850. The zero-order valence-electron chi connectivity index (χ0n) is 19.3. The van der Waals surface area contributed by atoms with Crippen LogP contribution in [0.2, 0.25) is 0 Å². The Morgan fingerprint density at radius 2 is 1.81 bits per heavy atom. The maximum atomic E-state index is 13.1. The van der Waals surface area contributed by atoms with E-state index in [1.165, 1.54) is 0 Å². The molecule has 1 unspecified atom stereocenters. The topological polar surface area (TPSA) is 73.0 Å². The average Bonchev–Trinajstić information content (AvgIpc) is 2.77. The fourth-order valence-corrected chi connectivity index (χ4v) is 6.23. The Morgan fingerprint density at radius 3 is 2.48 bits per heavy atom. The predicted octanol–water partition coefficient (Wildman–Crippen LogP) is 2.32. The number of nitrogens with one attached hydrogen (secondary N) is 1. The first kappa shape index (κ1) is 24.2. The summed E-state index contributed by atoms with van der Waals surface area (Å²) in [5.41, 5.74) is 1.24. The Hall–Kier alpha value is -1.48. The minimum atomic E-state index is -3.59. The van der Waals surface area contributed by atoms with Crippen LogP contribution in [-0.4, -0.2) is 86.8 Å². The molecule has 3 rings (SSSR count). The van der Waals surface area contributed by atoms with E-state index >= 15 is 0 Å². The minimum absolute atomic E-state index is 0.00322. The van der Waals surface area contributed by atoms with Crippen molar-refractivity contribution in [3.63, 3.8) is 0 Å². The molecule has 0 radical (unpaired) electrons. The van der Waals surface area contributed by atoms with E-state index in [9.17, 15) is 13.2 Å². The predicted molar refractivity (Wildman–Crippen MR) is 124 cm³/mol. The smallest absolute Gasteiger partial charge is 0.251 e. The van der Waals surface area contributed by atoms with Crippen molar-refractivity contribution in [3.8, 4) is 0 Å². The van der Waals surface area contributed by atoms with Crippen molar-refractivity contribution in [2.75, 3.05) is 52.4 Å². The quantitative estimate of drug-likeness (QED) is 0.616. The lowest BCUT2D eigenvalue weighted by Crippen LogP contribution is -2.46. The van der Waals surface area contributed by atoms with Crippen molar-refractivity contribution in [2.45, 2.75) is 57.4 Å². The third-order valence-corrected chi connectivity index (χ3v) is 8.66. The highest BCUT2D eigenvalue weighted by atomic mass is 32.2. The largest absolute Gasteiger partial charge is 0.352 e. The molecular weight excluding hydrogens is 412 g/mol. The number of hydrogen-bond donors (Lipinski definition) is 1. The highest BCUT2D eigenvalue weighted by Crippen LogP contribution is 2.26. The van der Waals surface area contributed by atoms with Crippen LogP contribution in [0, 0.1) is 6.92 Å². The molecular formula is C23H38N4O3S. The molecule has 1 amide bonds. The number of carbonyl (C=O) groups excluding carboxylic acids is 1. The molecule has 1 aromatic carbocycles. The van der Waals surface area contributed by atoms with Crippen LogP contribution in [0.3, 0.4) is 0 Å². The molecule has 1 atom stereocenters. The van der Waals surface area contributed by atoms with Crippen molar-refractivity contribution in [1.82, 2.24) is 19.4 Å². The zero-order chi connectivity index (χ0) is 22.4. The molecule has 1 N–H and O–H groups in total. The molecule has 2 heterocycles. The van der Waals surface area contributed by atoms with Gasteiger partial charge in [0.25, 0.3) is 5.91 Å². The number of sulfonamides is 1. The van der Waals surface area contributed by atoms with Gasteiger partial charge < -0.3 is 15.1 Å². The van der Waals surface area contributed by atoms with Gasteiger partial charge in [-0.3, -0.25) is 4.79 Å². The van der Waals surface area contributed by atoms with Crippen molar-refractivity contribution in [3.05, 3.63) is 29.3 Å². The number of nitrogens with zero attached hydrogens (tertiary/aromatic N) is 3. The molecule has 0 saturated carbocycles. The third kappa shape index (κ3) is 6.06. The van der Waals surface area contributed by atoms with Crippen LogP contribution >= 0.6 is 0 Å². The van der Waals surface area contributed by atoms with Gasteiger partial charge in [0.1, 0.15) is 0 Å². The molecule has 2 aliphatic heterocycles. The fourth-order valence-electron chi connectivity index (χ4n) is 4.50. The fraction of sp³-hybridized carbons (Fsp3) is 0.696. The summed E-state index contributed by atoms with van der Waals surface area (Å²) < 4.78 is 27.9. The number of rotatable bonds is 8. The van der Waals surface area contributed by atoms with E-state index in [0.29, 0.717) is 18.7 Å². The van der Waals surface area contributed by atoms with E-state index in [4.69, 9.17) is 0 Å². The number of amides is 1. The van der Waals surface area contributed by atoms with Gasteiger partial charge in [0.15, 0.2) is 0 Å². The lowest BCUT2D eigenvalue weighted by atomic mass is 10.1. The van der Waals surface area contributed by atoms with Gasteiger partial charge in [-0.25, -0.2) is 8.42 Å². The summed E-state index contributed by atoms with van der Waals surface area (Å²) in [4.78, 5) is 17.9. The van der Waals surface area contributed by atoms with Gasteiger partial charge in [0.2, 0.25) is 10.0 Å². The zero-order valence-corrected chi connectivity index (χ0v) is 20.1. The number of likely N-dealkylation sites (N-methyl/N-ethyl adjacent to an activating group) is 1. The van der Waals surface area contributed by atoms with E-state index < -0.39 is 10.0 Å². The molecule has 2 aliphatic rings. The summed E-state index contributed by atoms with van der Waals surface area (Å²) in [6.45, 7) is 13.6. The lowest BCUT2D eigenvalue weighted by Gasteiger charge is -2.34. The monoisotopic (exact) mass is 450 g/mol. The summed E-state index contributed by atoms with van der Waals surface area (Å²) in [7, 11) is -3.59. The first-order valence-electron chi connectivity index (χ1n) is 11.7. The van der Waals surface area contributed by atoms with Gasteiger partial charge in [0, 0.05) is 50.9 Å². The van der Waals surface area contributed by atoms with Crippen molar-refractivity contribution in [1.29, 1.82) is 0 Å². The molecule has 0 spiro atoms. The first-order chi connectivity index (χ1) is 14.8. The van der Waals surface area contributed by atoms with Crippen molar-refractivity contribution in [2.24, 2.45) is 0 Å². The summed E-state index contributed by atoms with van der Waals surface area (Å²) in [6, 6.07) is 4.91. The van der Waals surface area contributed by atoms with Crippen LogP contribution in [0.5, 0.6) is 0 Å². The highest BCUT2D eigenvalue weighted by Gasteiger charge is 2.31.